The van der Waals surface area contributed by atoms with E-state index in [-0.39, 0.29) is 29.2 Å². The van der Waals surface area contributed by atoms with Crippen LogP contribution in [0.5, 0.6) is 0 Å². The lowest BCUT2D eigenvalue weighted by molar-refractivity contribution is -0.212. The Labute approximate surface area is 235 Å². The summed E-state index contributed by atoms with van der Waals surface area (Å²) in [4.78, 5) is 0. The van der Waals surface area contributed by atoms with Gasteiger partial charge in [0.2, 0.25) is 10.0 Å². The van der Waals surface area contributed by atoms with Crippen molar-refractivity contribution in [3.05, 3.63) is 53.0 Å². The molecule has 2 fully saturated rings. The highest BCUT2D eigenvalue weighted by Crippen LogP contribution is 2.35. The summed E-state index contributed by atoms with van der Waals surface area (Å²) in [6, 6.07) is 3.27. The Kier molecular flexibility index (Phi) is 8.55. The van der Waals surface area contributed by atoms with Crippen LogP contribution in [-0.2, 0) is 25.9 Å². The van der Waals surface area contributed by atoms with Gasteiger partial charge in [-0.2, -0.15) is 0 Å². The molecule has 0 aliphatic carbocycles. The van der Waals surface area contributed by atoms with Crippen molar-refractivity contribution in [3.63, 3.8) is 0 Å². The molecule has 2 N–H and O–H groups in total. The molecule has 3 aromatic rings. The number of benzene rings is 1. The summed E-state index contributed by atoms with van der Waals surface area (Å²) in [6.45, 7) is 1.65. The zero-order valence-corrected chi connectivity index (χ0v) is 23.7. The third-order valence-electron chi connectivity index (χ3n) is 7.94. The number of piperidine rings is 1. The molecule has 2 saturated heterocycles. The van der Waals surface area contributed by atoms with E-state index in [0.717, 1.165) is 12.1 Å². The van der Waals surface area contributed by atoms with Crippen molar-refractivity contribution < 1.29 is 41.4 Å². The van der Waals surface area contributed by atoms with E-state index in [2.05, 4.69) is 15.5 Å². The van der Waals surface area contributed by atoms with Crippen molar-refractivity contribution in [1.82, 2.24) is 24.5 Å². The van der Waals surface area contributed by atoms with Gasteiger partial charge in [0.15, 0.2) is 0 Å². The molecule has 2 aliphatic rings. The molecule has 5 atom stereocenters. The summed E-state index contributed by atoms with van der Waals surface area (Å²) in [7, 11) is -1.79. The van der Waals surface area contributed by atoms with Crippen molar-refractivity contribution in [3.8, 4) is 11.3 Å². The van der Waals surface area contributed by atoms with Gasteiger partial charge in [0.25, 0.3) is 0 Å². The fraction of sp³-hybridized carbons (Fsp3) is 0.577. The van der Waals surface area contributed by atoms with Gasteiger partial charge in [-0.1, -0.05) is 10.4 Å². The second kappa shape index (κ2) is 11.8. The van der Waals surface area contributed by atoms with Crippen molar-refractivity contribution in [2.75, 3.05) is 33.1 Å². The van der Waals surface area contributed by atoms with Crippen molar-refractivity contribution in [2.45, 2.75) is 62.6 Å². The maximum Gasteiger partial charge on any atom is 0.211 e. The van der Waals surface area contributed by atoms with Gasteiger partial charge < -0.3 is 24.2 Å². The highest BCUT2D eigenvalue weighted by Gasteiger charge is 2.47. The molecule has 1 aromatic carbocycles. The molecule has 2 aliphatic heterocycles. The Balaban J connectivity index is 1.35. The minimum atomic E-state index is -3.24. The van der Waals surface area contributed by atoms with Gasteiger partial charge in [0.05, 0.1) is 30.9 Å². The Morgan fingerprint density at radius 3 is 2.44 bits per heavy atom. The normalized spacial score (nSPS) is 26.5. The number of sulfonamides is 1. The first kappa shape index (κ1) is 29.7. The molecular formula is C26H33F2N5O7S. The van der Waals surface area contributed by atoms with Gasteiger partial charge in [0, 0.05) is 49.7 Å². The summed E-state index contributed by atoms with van der Waals surface area (Å²) in [6.07, 6.45) is 0.406. The van der Waals surface area contributed by atoms with E-state index >= 15 is 0 Å². The van der Waals surface area contributed by atoms with E-state index in [0.29, 0.717) is 37.4 Å². The second-order valence-corrected chi connectivity index (χ2v) is 12.6. The number of hydrogen-bond donors (Lipinski definition) is 2. The molecule has 0 amide bonds. The van der Waals surface area contributed by atoms with Crippen molar-refractivity contribution in [2.24, 2.45) is 0 Å². The van der Waals surface area contributed by atoms with Crippen LogP contribution in [-0.4, -0.2) is 101 Å². The van der Waals surface area contributed by atoms with Crippen LogP contribution in [0.4, 0.5) is 8.78 Å². The third-order valence-corrected chi connectivity index (χ3v) is 9.24. The molecule has 224 valence electrons. The summed E-state index contributed by atoms with van der Waals surface area (Å²) in [5.74, 6) is -0.774. The Hall–Kier alpha value is -2.82. The Morgan fingerprint density at radius 1 is 1.15 bits per heavy atom. The SMILES string of the molecule is CO[C@@H]1[C@@H](n2cc(-c3cc(F)c(C)c(F)c3)nn2)[C@@H](O)[C@@H](CO)O[C@@H]1Cc1cc(C2CCN(S(C)(=O)=O)CC2)on1. The number of nitrogens with zero attached hydrogens (tertiary/aromatic N) is 5. The lowest BCUT2D eigenvalue weighted by atomic mass is 9.90. The molecule has 0 saturated carbocycles. The van der Waals surface area contributed by atoms with E-state index in [9.17, 15) is 27.4 Å². The fourth-order valence-corrected chi connectivity index (χ4v) is 6.45. The molecular weight excluding hydrogens is 564 g/mol. The molecule has 2 aromatic heterocycles. The monoisotopic (exact) mass is 597 g/mol. The van der Waals surface area contributed by atoms with Gasteiger partial charge in [-0.25, -0.2) is 26.2 Å². The lowest BCUT2D eigenvalue weighted by Gasteiger charge is -2.43. The van der Waals surface area contributed by atoms with Crippen LogP contribution in [0.15, 0.2) is 28.9 Å². The zero-order chi connectivity index (χ0) is 29.5. The average molecular weight is 598 g/mol. The number of ether oxygens (including phenoxy) is 2. The predicted molar refractivity (Wildman–Crippen MR) is 140 cm³/mol. The van der Waals surface area contributed by atoms with Crippen LogP contribution in [0, 0.1) is 18.6 Å². The zero-order valence-electron chi connectivity index (χ0n) is 22.9. The van der Waals surface area contributed by atoms with Crippen molar-refractivity contribution >= 4 is 10.0 Å². The number of rotatable bonds is 8. The topological polar surface area (TPSA) is 153 Å². The van der Waals surface area contributed by atoms with Crippen LogP contribution in [0.2, 0.25) is 0 Å². The number of aromatic nitrogens is 4. The standard InChI is InChI=1S/C26H33F2N5O7S/c1-14-18(27)8-16(9-19(14)28)20-12-33(31-29-20)24-25(35)23(13-34)39-22(26(24)38-2)11-17-10-21(40-30-17)15-4-6-32(7-5-15)41(3,36)37/h8-10,12,15,22-26,34-35H,4-7,11,13H2,1-3H3/t22-,23-,24+,25+,26+/m1/s1. The van der Waals surface area contributed by atoms with Crippen LogP contribution in [0.3, 0.4) is 0 Å². The highest BCUT2D eigenvalue weighted by atomic mass is 32.2. The Bertz CT molecular complexity index is 1450. The first-order valence-electron chi connectivity index (χ1n) is 13.3. The quantitative estimate of drug-likeness (QED) is 0.391. The first-order chi connectivity index (χ1) is 19.5. The van der Waals surface area contributed by atoms with E-state index in [1.807, 2.05) is 0 Å². The van der Waals surface area contributed by atoms with E-state index in [1.54, 1.807) is 6.07 Å². The number of methoxy groups -OCH3 is 1. The third kappa shape index (κ3) is 6.05. The molecule has 41 heavy (non-hydrogen) atoms. The van der Waals surface area contributed by atoms with Crippen LogP contribution < -0.4 is 0 Å². The summed E-state index contributed by atoms with van der Waals surface area (Å²) < 4.78 is 72.1. The number of halogens is 2. The van der Waals surface area contributed by atoms with Gasteiger partial charge >= 0.3 is 0 Å². The average Bonchev–Trinajstić information content (AvgIpc) is 3.62. The molecule has 15 heteroatoms. The molecule has 0 bridgehead atoms. The highest BCUT2D eigenvalue weighted by molar-refractivity contribution is 7.88. The molecule has 0 unspecified atom stereocenters. The Morgan fingerprint density at radius 2 is 1.83 bits per heavy atom. The summed E-state index contributed by atoms with van der Waals surface area (Å²) in [5.41, 5.74) is 0.829. The van der Waals surface area contributed by atoms with E-state index in [1.165, 1.54) is 35.5 Å². The van der Waals surface area contributed by atoms with Crippen LogP contribution in [0.25, 0.3) is 11.3 Å². The lowest BCUT2D eigenvalue weighted by Crippen LogP contribution is -2.57. The number of hydrogen-bond acceptors (Lipinski definition) is 10. The van der Waals surface area contributed by atoms with Crippen molar-refractivity contribution in [1.29, 1.82) is 0 Å². The first-order valence-corrected chi connectivity index (χ1v) is 15.1. The van der Waals surface area contributed by atoms with Crippen LogP contribution in [0.1, 0.15) is 41.8 Å². The van der Waals surface area contributed by atoms with Gasteiger partial charge in [-0.05, 0) is 31.9 Å². The molecule has 5 rings (SSSR count). The smallest absolute Gasteiger partial charge is 0.211 e. The summed E-state index contributed by atoms with van der Waals surface area (Å²) in [5, 5.41) is 33.4. The number of aliphatic hydroxyl groups is 2. The maximum atomic E-state index is 14.2. The number of aliphatic hydroxyl groups excluding tert-OH is 2. The largest absolute Gasteiger partial charge is 0.394 e. The minimum Gasteiger partial charge on any atom is -0.394 e. The van der Waals surface area contributed by atoms with E-state index < -0.39 is 58.7 Å². The van der Waals surface area contributed by atoms with Gasteiger partial charge in [-0.15, -0.1) is 5.10 Å². The van der Waals surface area contributed by atoms with Crippen LogP contribution >= 0.6 is 0 Å². The fourth-order valence-electron chi connectivity index (χ4n) is 5.57. The summed E-state index contributed by atoms with van der Waals surface area (Å²) >= 11 is 0. The van der Waals surface area contributed by atoms with Gasteiger partial charge in [-0.3, -0.25) is 0 Å². The molecule has 4 heterocycles. The van der Waals surface area contributed by atoms with Gasteiger partial charge in [0.1, 0.15) is 47.4 Å². The molecule has 12 nitrogen and oxygen atoms in total. The minimum absolute atomic E-state index is 0.0181. The maximum absolute atomic E-state index is 14.2. The predicted octanol–water partition coefficient (Wildman–Crippen LogP) is 1.58. The molecule has 0 spiro atoms. The second-order valence-electron chi connectivity index (χ2n) is 10.6. The van der Waals surface area contributed by atoms with E-state index in [4.69, 9.17) is 14.0 Å². The molecule has 0 radical (unpaired) electrons.